The van der Waals surface area contributed by atoms with E-state index in [1.165, 1.54) is 21.4 Å². The molecule has 0 atom stereocenters. The lowest BCUT2D eigenvalue weighted by atomic mass is 10.2. The maximum atomic E-state index is 11.5. The summed E-state index contributed by atoms with van der Waals surface area (Å²) in [7, 11) is 1.62. The van der Waals surface area contributed by atoms with Gasteiger partial charge in [0.05, 0.1) is 0 Å². The molecular weight excluding hydrogens is 192 g/mol. The van der Waals surface area contributed by atoms with E-state index in [1.807, 2.05) is 0 Å². The van der Waals surface area contributed by atoms with Crippen LogP contribution in [0, 0.1) is 12.3 Å². The molecule has 1 aromatic rings. The Morgan fingerprint density at radius 2 is 2.13 bits per heavy atom. The molecule has 0 aromatic carbocycles. The van der Waals surface area contributed by atoms with Gasteiger partial charge in [-0.2, -0.15) is 0 Å². The standard InChI is InChI=1S/C11H14N2O2/c1-3-4-5-6-8-13-10(14)7-9-12(2)11(13)15/h1,7,9H,4-6,8H2,2H3. The van der Waals surface area contributed by atoms with Gasteiger partial charge in [-0.15, -0.1) is 12.3 Å². The van der Waals surface area contributed by atoms with Gasteiger partial charge in [-0.05, 0) is 12.8 Å². The topological polar surface area (TPSA) is 44.0 Å². The number of aryl methyl sites for hydroxylation is 1. The average molecular weight is 206 g/mol. The lowest BCUT2D eigenvalue weighted by Gasteiger charge is -2.05. The molecule has 4 nitrogen and oxygen atoms in total. The first kappa shape index (κ1) is 11.3. The van der Waals surface area contributed by atoms with Crippen LogP contribution in [0.2, 0.25) is 0 Å². The third kappa shape index (κ3) is 2.84. The summed E-state index contributed by atoms with van der Waals surface area (Å²) < 4.78 is 2.62. The normalized spacial score (nSPS) is 9.87. The molecule has 0 unspecified atom stereocenters. The molecule has 0 aliphatic heterocycles. The summed E-state index contributed by atoms with van der Waals surface area (Å²) in [5, 5.41) is 0. The van der Waals surface area contributed by atoms with Crippen LogP contribution in [0.3, 0.4) is 0 Å². The smallest absolute Gasteiger partial charge is 0.303 e. The van der Waals surface area contributed by atoms with E-state index in [0.717, 1.165) is 12.8 Å². The summed E-state index contributed by atoms with van der Waals surface area (Å²) in [6.45, 7) is 0.439. The van der Waals surface area contributed by atoms with Gasteiger partial charge in [0.25, 0.3) is 5.56 Å². The van der Waals surface area contributed by atoms with Crippen LogP contribution < -0.4 is 11.2 Å². The zero-order valence-corrected chi connectivity index (χ0v) is 8.77. The average Bonchev–Trinajstić information content (AvgIpc) is 2.23. The Bertz CT molecular complexity index is 477. The Kier molecular flexibility index (Phi) is 3.92. The van der Waals surface area contributed by atoms with Crippen LogP contribution >= 0.6 is 0 Å². The molecule has 0 fully saturated rings. The summed E-state index contributed by atoms with van der Waals surface area (Å²) in [6.07, 6.45) is 8.85. The maximum absolute atomic E-state index is 11.5. The fourth-order valence-electron chi connectivity index (χ4n) is 1.32. The van der Waals surface area contributed by atoms with Crippen molar-refractivity contribution in [2.45, 2.75) is 25.8 Å². The highest BCUT2D eigenvalue weighted by Crippen LogP contribution is 1.94. The van der Waals surface area contributed by atoms with E-state index in [-0.39, 0.29) is 11.2 Å². The molecular formula is C11H14N2O2. The predicted molar refractivity (Wildman–Crippen MR) is 58.6 cm³/mol. The monoisotopic (exact) mass is 206 g/mol. The highest BCUT2D eigenvalue weighted by Gasteiger charge is 2.01. The first-order chi connectivity index (χ1) is 7.16. The minimum atomic E-state index is -0.275. The maximum Gasteiger partial charge on any atom is 0.330 e. The van der Waals surface area contributed by atoms with Crippen molar-refractivity contribution in [3.05, 3.63) is 33.1 Å². The van der Waals surface area contributed by atoms with E-state index in [0.29, 0.717) is 13.0 Å². The third-order valence-electron chi connectivity index (χ3n) is 2.19. The second-order valence-corrected chi connectivity index (χ2v) is 3.36. The highest BCUT2D eigenvalue weighted by molar-refractivity contribution is 4.86. The lowest BCUT2D eigenvalue weighted by Crippen LogP contribution is -2.37. The third-order valence-corrected chi connectivity index (χ3v) is 2.19. The van der Waals surface area contributed by atoms with Crippen LogP contribution in [-0.4, -0.2) is 9.13 Å². The zero-order chi connectivity index (χ0) is 11.3. The molecule has 0 spiro atoms. The second kappa shape index (κ2) is 5.20. The number of nitrogens with zero attached hydrogens (tertiary/aromatic N) is 2. The van der Waals surface area contributed by atoms with E-state index >= 15 is 0 Å². The number of unbranched alkanes of at least 4 members (excludes halogenated alkanes) is 2. The molecule has 1 aromatic heterocycles. The minimum Gasteiger partial charge on any atom is -0.303 e. The predicted octanol–water partition coefficient (Wildman–Crippen LogP) is 0.351. The van der Waals surface area contributed by atoms with Crippen molar-refractivity contribution in [1.82, 2.24) is 9.13 Å². The van der Waals surface area contributed by atoms with Crippen LogP contribution in [0.1, 0.15) is 19.3 Å². The molecule has 1 rings (SSSR count). The molecule has 0 radical (unpaired) electrons. The number of hydrogen-bond donors (Lipinski definition) is 0. The molecule has 0 saturated heterocycles. The SMILES string of the molecule is C#CCCCCn1c(=O)ccn(C)c1=O. The molecule has 0 aliphatic rings. The molecule has 1 heterocycles. The van der Waals surface area contributed by atoms with Gasteiger partial charge in [0.1, 0.15) is 0 Å². The first-order valence-electron chi connectivity index (χ1n) is 4.86. The van der Waals surface area contributed by atoms with Crippen molar-refractivity contribution >= 4 is 0 Å². The van der Waals surface area contributed by atoms with Gasteiger partial charge in [0.2, 0.25) is 0 Å². The summed E-state index contributed by atoms with van der Waals surface area (Å²) >= 11 is 0. The minimum absolute atomic E-state index is 0.251. The quantitative estimate of drug-likeness (QED) is 0.527. The van der Waals surface area contributed by atoms with Crippen molar-refractivity contribution in [3.8, 4) is 12.3 Å². The van der Waals surface area contributed by atoms with E-state index in [1.54, 1.807) is 7.05 Å². The van der Waals surface area contributed by atoms with Crippen LogP contribution in [0.15, 0.2) is 21.9 Å². The summed E-state index contributed by atoms with van der Waals surface area (Å²) in [4.78, 5) is 22.9. The van der Waals surface area contributed by atoms with Crippen LogP contribution in [0.4, 0.5) is 0 Å². The van der Waals surface area contributed by atoms with Gasteiger partial charge in [-0.25, -0.2) is 4.79 Å². The number of rotatable bonds is 4. The van der Waals surface area contributed by atoms with Crippen LogP contribution in [0.25, 0.3) is 0 Å². The molecule has 0 amide bonds. The second-order valence-electron chi connectivity index (χ2n) is 3.36. The van der Waals surface area contributed by atoms with E-state index < -0.39 is 0 Å². The summed E-state index contributed by atoms with van der Waals surface area (Å²) in [5.41, 5.74) is -0.526. The van der Waals surface area contributed by atoms with E-state index in [9.17, 15) is 9.59 Å². The van der Waals surface area contributed by atoms with E-state index in [2.05, 4.69) is 5.92 Å². The number of hydrogen-bond acceptors (Lipinski definition) is 2. The van der Waals surface area contributed by atoms with Crippen LogP contribution in [-0.2, 0) is 13.6 Å². The Labute approximate surface area is 88.2 Å². The van der Waals surface area contributed by atoms with Crippen molar-refractivity contribution in [2.75, 3.05) is 0 Å². The fourth-order valence-corrected chi connectivity index (χ4v) is 1.32. The van der Waals surface area contributed by atoms with Gasteiger partial charge < -0.3 is 4.57 Å². The largest absolute Gasteiger partial charge is 0.330 e. The van der Waals surface area contributed by atoms with Gasteiger partial charge in [0, 0.05) is 32.3 Å². The van der Waals surface area contributed by atoms with Gasteiger partial charge in [0.15, 0.2) is 0 Å². The van der Waals surface area contributed by atoms with Crippen molar-refractivity contribution in [2.24, 2.45) is 7.05 Å². The highest BCUT2D eigenvalue weighted by atomic mass is 16.2. The fraction of sp³-hybridized carbons (Fsp3) is 0.455. The summed E-state index contributed by atoms with van der Waals surface area (Å²) in [6, 6.07) is 1.39. The molecule has 4 heteroatoms. The molecule has 0 bridgehead atoms. The van der Waals surface area contributed by atoms with Crippen LogP contribution in [0.5, 0.6) is 0 Å². The molecule has 80 valence electrons. The van der Waals surface area contributed by atoms with E-state index in [4.69, 9.17) is 6.42 Å². The van der Waals surface area contributed by atoms with Gasteiger partial charge >= 0.3 is 5.69 Å². The number of aromatic nitrogens is 2. The Balaban J connectivity index is 2.78. The molecule has 15 heavy (non-hydrogen) atoms. The van der Waals surface area contributed by atoms with Crippen molar-refractivity contribution in [3.63, 3.8) is 0 Å². The summed E-state index contributed by atoms with van der Waals surface area (Å²) in [5.74, 6) is 2.52. The molecule has 0 N–H and O–H groups in total. The Morgan fingerprint density at radius 3 is 2.80 bits per heavy atom. The van der Waals surface area contributed by atoms with Gasteiger partial charge in [-0.3, -0.25) is 9.36 Å². The van der Waals surface area contributed by atoms with Crippen molar-refractivity contribution < 1.29 is 0 Å². The first-order valence-corrected chi connectivity index (χ1v) is 4.86. The molecule has 0 saturated carbocycles. The number of terminal acetylenes is 1. The zero-order valence-electron chi connectivity index (χ0n) is 8.77. The van der Waals surface area contributed by atoms with Crippen molar-refractivity contribution in [1.29, 1.82) is 0 Å². The van der Waals surface area contributed by atoms with Gasteiger partial charge in [-0.1, -0.05) is 0 Å². The Morgan fingerprint density at radius 1 is 1.40 bits per heavy atom. The Hall–Kier alpha value is -1.76. The molecule has 0 aliphatic carbocycles. The lowest BCUT2D eigenvalue weighted by molar-refractivity contribution is 0.550.